The first-order valence-corrected chi connectivity index (χ1v) is 8.11. The minimum absolute atomic E-state index is 0.294. The number of anilines is 1. The molecule has 1 aliphatic rings. The van der Waals surface area contributed by atoms with Crippen LogP contribution in [0.25, 0.3) is 10.2 Å². The van der Waals surface area contributed by atoms with Gasteiger partial charge in [0, 0.05) is 13.1 Å². The van der Waals surface area contributed by atoms with E-state index in [0.717, 1.165) is 34.7 Å². The van der Waals surface area contributed by atoms with Crippen molar-refractivity contribution >= 4 is 33.3 Å². The smallest absolute Gasteiger partial charge is 0.348 e. The van der Waals surface area contributed by atoms with Gasteiger partial charge in [-0.15, -0.1) is 11.3 Å². The van der Waals surface area contributed by atoms with Gasteiger partial charge in [0.15, 0.2) is 0 Å². The fraction of sp³-hybridized carbons (Fsp3) is 0.533. The number of hydrogen-bond acceptors (Lipinski definition) is 6. The van der Waals surface area contributed by atoms with Gasteiger partial charge >= 0.3 is 5.97 Å². The summed E-state index contributed by atoms with van der Waals surface area (Å²) in [5.74, 6) is 0.670. The molecular weight excluding hydrogens is 286 g/mol. The fourth-order valence-electron chi connectivity index (χ4n) is 2.86. The van der Waals surface area contributed by atoms with E-state index >= 15 is 0 Å². The van der Waals surface area contributed by atoms with E-state index in [1.807, 2.05) is 6.92 Å². The lowest BCUT2D eigenvalue weighted by atomic mass is 10.2. The zero-order valence-corrected chi connectivity index (χ0v) is 13.2. The van der Waals surface area contributed by atoms with Crippen LogP contribution in [0.4, 0.5) is 5.82 Å². The minimum Gasteiger partial charge on any atom is -0.465 e. The molecule has 1 fully saturated rings. The molecule has 1 saturated heterocycles. The Bertz CT molecular complexity index is 660. The van der Waals surface area contributed by atoms with Gasteiger partial charge in [-0.1, -0.05) is 12.8 Å². The number of nitrogens with zero attached hydrogens (tertiary/aromatic N) is 3. The molecule has 0 amide bonds. The van der Waals surface area contributed by atoms with Gasteiger partial charge in [-0.3, -0.25) is 0 Å². The van der Waals surface area contributed by atoms with Crippen LogP contribution in [0.1, 0.15) is 40.9 Å². The first-order chi connectivity index (χ1) is 10.2. The Labute approximate surface area is 128 Å². The molecule has 0 unspecified atom stereocenters. The van der Waals surface area contributed by atoms with Crippen LogP contribution in [0, 0.1) is 6.92 Å². The summed E-state index contributed by atoms with van der Waals surface area (Å²) in [6.07, 6.45) is 6.54. The third-order valence-electron chi connectivity index (χ3n) is 3.98. The number of esters is 1. The monoisotopic (exact) mass is 305 g/mol. The third kappa shape index (κ3) is 2.60. The maximum absolute atomic E-state index is 11.9. The van der Waals surface area contributed by atoms with Crippen molar-refractivity contribution in [3.05, 3.63) is 16.8 Å². The molecule has 3 rings (SSSR count). The number of carbonyl (C=O) groups excluding carboxylic acids is 1. The number of rotatable bonds is 2. The van der Waals surface area contributed by atoms with E-state index in [1.54, 1.807) is 6.33 Å². The van der Waals surface area contributed by atoms with Gasteiger partial charge in [-0.2, -0.15) is 0 Å². The summed E-state index contributed by atoms with van der Waals surface area (Å²) < 4.78 is 4.86. The maximum atomic E-state index is 11.9. The predicted molar refractivity (Wildman–Crippen MR) is 84.2 cm³/mol. The second-order valence-corrected chi connectivity index (χ2v) is 6.33. The molecule has 0 atom stereocenters. The van der Waals surface area contributed by atoms with Crippen LogP contribution in [0.2, 0.25) is 0 Å². The number of thiophene rings is 1. The Morgan fingerprint density at radius 2 is 1.95 bits per heavy atom. The summed E-state index contributed by atoms with van der Waals surface area (Å²) >= 11 is 1.39. The van der Waals surface area contributed by atoms with Crippen molar-refractivity contribution in [3.8, 4) is 0 Å². The highest BCUT2D eigenvalue weighted by molar-refractivity contribution is 7.20. The van der Waals surface area contributed by atoms with Crippen molar-refractivity contribution in [1.82, 2.24) is 9.97 Å². The quantitative estimate of drug-likeness (QED) is 0.798. The van der Waals surface area contributed by atoms with E-state index in [-0.39, 0.29) is 5.97 Å². The van der Waals surface area contributed by atoms with Gasteiger partial charge in [0.1, 0.15) is 21.9 Å². The van der Waals surface area contributed by atoms with Gasteiger partial charge in [0.2, 0.25) is 0 Å². The topological polar surface area (TPSA) is 55.3 Å². The van der Waals surface area contributed by atoms with Crippen LogP contribution in [0.3, 0.4) is 0 Å². The highest BCUT2D eigenvalue weighted by Gasteiger charge is 2.22. The Morgan fingerprint density at radius 3 is 2.62 bits per heavy atom. The number of aromatic nitrogens is 2. The molecule has 0 spiro atoms. The molecular formula is C15H19N3O2S. The van der Waals surface area contributed by atoms with Crippen LogP contribution in [-0.2, 0) is 4.74 Å². The zero-order valence-electron chi connectivity index (χ0n) is 12.4. The lowest BCUT2D eigenvalue weighted by Crippen LogP contribution is -2.25. The summed E-state index contributed by atoms with van der Waals surface area (Å²) in [6, 6.07) is 0. The molecule has 1 aliphatic heterocycles. The van der Waals surface area contributed by atoms with Gasteiger partial charge in [0.25, 0.3) is 0 Å². The average Bonchev–Trinajstić information content (AvgIpc) is 2.70. The van der Waals surface area contributed by atoms with Crippen molar-refractivity contribution in [1.29, 1.82) is 0 Å². The molecule has 21 heavy (non-hydrogen) atoms. The van der Waals surface area contributed by atoms with Crippen molar-refractivity contribution in [2.24, 2.45) is 0 Å². The molecule has 2 aromatic heterocycles. The second-order valence-electron chi connectivity index (χ2n) is 5.33. The first-order valence-electron chi connectivity index (χ1n) is 7.29. The van der Waals surface area contributed by atoms with Crippen LogP contribution < -0.4 is 4.90 Å². The summed E-state index contributed by atoms with van der Waals surface area (Å²) in [6.45, 7) is 4.00. The van der Waals surface area contributed by atoms with E-state index in [9.17, 15) is 4.79 Å². The van der Waals surface area contributed by atoms with E-state index in [1.165, 1.54) is 44.1 Å². The molecule has 0 aliphatic carbocycles. The lowest BCUT2D eigenvalue weighted by Gasteiger charge is -2.22. The number of hydrogen-bond donors (Lipinski definition) is 0. The molecule has 0 bridgehead atoms. The summed E-state index contributed by atoms with van der Waals surface area (Å²) in [5, 5.41) is 1.00. The fourth-order valence-corrected chi connectivity index (χ4v) is 3.92. The average molecular weight is 305 g/mol. The van der Waals surface area contributed by atoms with Crippen LogP contribution in [-0.4, -0.2) is 36.1 Å². The highest BCUT2D eigenvalue weighted by Crippen LogP contribution is 2.35. The van der Waals surface area contributed by atoms with Gasteiger partial charge in [-0.05, 0) is 25.3 Å². The number of methoxy groups -OCH3 is 1. The SMILES string of the molecule is COC(=O)c1sc2ncnc(N3CCCCCC3)c2c1C. The minimum atomic E-state index is -0.294. The number of aryl methyl sites for hydroxylation is 1. The van der Waals surface area contributed by atoms with Gasteiger partial charge in [-0.25, -0.2) is 14.8 Å². The molecule has 0 N–H and O–H groups in total. The summed E-state index contributed by atoms with van der Waals surface area (Å²) in [7, 11) is 1.41. The van der Waals surface area contributed by atoms with E-state index in [0.29, 0.717) is 4.88 Å². The van der Waals surface area contributed by atoms with Crippen molar-refractivity contribution in [2.45, 2.75) is 32.6 Å². The molecule has 3 heterocycles. The Hall–Kier alpha value is -1.69. The number of ether oxygens (including phenoxy) is 1. The van der Waals surface area contributed by atoms with Crippen molar-refractivity contribution < 1.29 is 9.53 Å². The van der Waals surface area contributed by atoms with Crippen LogP contribution in [0.5, 0.6) is 0 Å². The lowest BCUT2D eigenvalue weighted by molar-refractivity contribution is 0.0605. The number of fused-ring (bicyclic) bond motifs is 1. The molecule has 2 aromatic rings. The largest absolute Gasteiger partial charge is 0.465 e. The normalized spacial score (nSPS) is 16.0. The molecule has 6 heteroatoms. The second kappa shape index (κ2) is 5.97. The Balaban J connectivity index is 2.10. The maximum Gasteiger partial charge on any atom is 0.348 e. The predicted octanol–water partition coefficient (Wildman–Crippen LogP) is 3.17. The first kappa shape index (κ1) is 14.3. The van der Waals surface area contributed by atoms with Gasteiger partial charge < -0.3 is 9.64 Å². The molecule has 5 nitrogen and oxygen atoms in total. The summed E-state index contributed by atoms with van der Waals surface area (Å²) in [5.41, 5.74) is 0.932. The molecule has 0 saturated carbocycles. The summed E-state index contributed by atoms with van der Waals surface area (Å²) in [4.78, 5) is 24.5. The van der Waals surface area contributed by atoms with E-state index < -0.39 is 0 Å². The van der Waals surface area contributed by atoms with E-state index in [2.05, 4.69) is 14.9 Å². The Kier molecular flexibility index (Phi) is 4.05. The molecule has 0 radical (unpaired) electrons. The Morgan fingerprint density at radius 1 is 1.24 bits per heavy atom. The standard InChI is InChI=1S/C15H19N3O2S/c1-10-11-13(18-7-5-3-4-6-8-18)16-9-17-14(11)21-12(10)15(19)20-2/h9H,3-8H2,1-2H3. The van der Waals surface area contributed by atoms with Gasteiger partial charge in [0.05, 0.1) is 12.5 Å². The molecule has 0 aromatic carbocycles. The van der Waals surface area contributed by atoms with Crippen molar-refractivity contribution in [2.75, 3.05) is 25.1 Å². The highest BCUT2D eigenvalue weighted by atomic mass is 32.1. The van der Waals surface area contributed by atoms with Crippen LogP contribution in [0.15, 0.2) is 6.33 Å². The zero-order chi connectivity index (χ0) is 14.8. The van der Waals surface area contributed by atoms with E-state index in [4.69, 9.17) is 4.74 Å². The molecule has 112 valence electrons. The third-order valence-corrected chi connectivity index (χ3v) is 5.16. The van der Waals surface area contributed by atoms with Crippen LogP contribution >= 0.6 is 11.3 Å². The van der Waals surface area contributed by atoms with Crippen molar-refractivity contribution in [3.63, 3.8) is 0 Å². The number of carbonyl (C=O) groups is 1.